The highest BCUT2D eigenvalue weighted by Gasteiger charge is 2.19. The molecule has 134 valence electrons. The summed E-state index contributed by atoms with van der Waals surface area (Å²) in [5, 5.41) is 3.56. The van der Waals surface area contributed by atoms with E-state index in [0.717, 1.165) is 31.5 Å². The standard InChI is InChI=1S/C18H37N5/c1-4-21-12-14-22(15-13-21)10-6-5-9-20-18(19-3)23-11-7-8-17(2)16-23/h17H,4-16H2,1-3H3,(H,19,20). The maximum absolute atomic E-state index is 4.47. The molecule has 1 N–H and O–H groups in total. The number of piperidine rings is 1. The number of aliphatic imine (C=N–C) groups is 1. The summed E-state index contributed by atoms with van der Waals surface area (Å²) in [6, 6.07) is 0. The summed E-state index contributed by atoms with van der Waals surface area (Å²) in [4.78, 5) is 12.1. The van der Waals surface area contributed by atoms with Crippen molar-refractivity contribution in [3.05, 3.63) is 0 Å². The summed E-state index contributed by atoms with van der Waals surface area (Å²) >= 11 is 0. The molecule has 2 heterocycles. The lowest BCUT2D eigenvalue weighted by Crippen LogP contribution is -2.47. The van der Waals surface area contributed by atoms with Crippen LogP contribution in [0.2, 0.25) is 0 Å². The fourth-order valence-electron chi connectivity index (χ4n) is 3.70. The van der Waals surface area contributed by atoms with E-state index in [4.69, 9.17) is 0 Å². The second-order valence-corrected chi connectivity index (χ2v) is 7.15. The van der Waals surface area contributed by atoms with E-state index in [1.807, 2.05) is 7.05 Å². The van der Waals surface area contributed by atoms with Gasteiger partial charge in [-0.15, -0.1) is 0 Å². The van der Waals surface area contributed by atoms with Crippen molar-refractivity contribution >= 4 is 5.96 Å². The normalized spacial score (nSPS) is 24.9. The van der Waals surface area contributed by atoms with Gasteiger partial charge < -0.3 is 20.0 Å². The molecule has 1 atom stereocenters. The summed E-state index contributed by atoms with van der Waals surface area (Å²) in [6.45, 7) is 15.4. The van der Waals surface area contributed by atoms with Crippen molar-refractivity contribution in [3.63, 3.8) is 0 Å². The smallest absolute Gasteiger partial charge is 0.193 e. The van der Waals surface area contributed by atoms with Crippen molar-refractivity contribution in [3.8, 4) is 0 Å². The molecule has 2 fully saturated rings. The van der Waals surface area contributed by atoms with Gasteiger partial charge in [0.25, 0.3) is 0 Å². The Kier molecular flexibility index (Phi) is 8.17. The van der Waals surface area contributed by atoms with Gasteiger partial charge in [-0.2, -0.15) is 0 Å². The molecule has 0 aromatic carbocycles. The number of likely N-dealkylation sites (tertiary alicyclic amines) is 1. The van der Waals surface area contributed by atoms with Crippen molar-refractivity contribution in [2.75, 3.05) is 66.0 Å². The molecule has 0 spiro atoms. The number of rotatable bonds is 6. The molecule has 0 bridgehead atoms. The molecule has 5 heteroatoms. The molecule has 1 unspecified atom stereocenters. The third kappa shape index (κ3) is 6.30. The average Bonchev–Trinajstić information content (AvgIpc) is 2.58. The number of piperazine rings is 1. The minimum absolute atomic E-state index is 0.795. The number of likely N-dealkylation sites (N-methyl/N-ethyl adjacent to an activating group) is 1. The van der Waals surface area contributed by atoms with Gasteiger partial charge >= 0.3 is 0 Å². The Morgan fingerprint density at radius 3 is 2.48 bits per heavy atom. The number of unbranched alkanes of at least 4 members (excludes halogenated alkanes) is 1. The quantitative estimate of drug-likeness (QED) is 0.458. The van der Waals surface area contributed by atoms with E-state index in [2.05, 4.69) is 38.9 Å². The van der Waals surface area contributed by atoms with E-state index < -0.39 is 0 Å². The zero-order valence-corrected chi connectivity index (χ0v) is 15.6. The number of nitrogens with zero attached hydrogens (tertiary/aromatic N) is 4. The van der Waals surface area contributed by atoms with Gasteiger partial charge in [0.15, 0.2) is 5.96 Å². The topological polar surface area (TPSA) is 34.1 Å². The van der Waals surface area contributed by atoms with Crippen LogP contribution in [0.15, 0.2) is 4.99 Å². The van der Waals surface area contributed by atoms with Gasteiger partial charge in [-0.05, 0) is 44.7 Å². The molecule has 2 rings (SSSR count). The van der Waals surface area contributed by atoms with E-state index in [-0.39, 0.29) is 0 Å². The van der Waals surface area contributed by atoms with Crippen molar-refractivity contribution < 1.29 is 0 Å². The van der Waals surface area contributed by atoms with Crippen LogP contribution < -0.4 is 5.32 Å². The highest BCUT2D eigenvalue weighted by atomic mass is 15.3. The Labute approximate surface area is 143 Å². The Morgan fingerprint density at radius 2 is 1.83 bits per heavy atom. The van der Waals surface area contributed by atoms with E-state index in [0.29, 0.717) is 0 Å². The minimum atomic E-state index is 0.795. The van der Waals surface area contributed by atoms with Gasteiger partial charge in [0.05, 0.1) is 0 Å². The number of hydrogen-bond donors (Lipinski definition) is 1. The Bertz CT molecular complexity index is 349. The lowest BCUT2D eigenvalue weighted by molar-refractivity contribution is 0.136. The van der Waals surface area contributed by atoms with Crippen LogP contribution in [0.4, 0.5) is 0 Å². The monoisotopic (exact) mass is 323 g/mol. The Balaban J connectivity index is 1.56. The van der Waals surface area contributed by atoms with Crippen LogP contribution in [-0.2, 0) is 0 Å². The van der Waals surface area contributed by atoms with Crippen molar-refractivity contribution in [1.82, 2.24) is 20.0 Å². The van der Waals surface area contributed by atoms with Crippen molar-refractivity contribution in [2.24, 2.45) is 10.9 Å². The molecule has 2 aliphatic heterocycles. The van der Waals surface area contributed by atoms with E-state index >= 15 is 0 Å². The molecular formula is C18H37N5. The van der Waals surface area contributed by atoms with Gasteiger partial charge in [-0.1, -0.05) is 13.8 Å². The van der Waals surface area contributed by atoms with Crippen LogP contribution >= 0.6 is 0 Å². The molecule has 0 aromatic rings. The minimum Gasteiger partial charge on any atom is -0.356 e. The fraction of sp³-hybridized carbons (Fsp3) is 0.944. The summed E-state index contributed by atoms with van der Waals surface area (Å²) in [5.41, 5.74) is 0. The van der Waals surface area contributed by atoms with Crippen LogP contribution in [0.25, 0.3) is 0 Å². The zero-order valence-electron chi connectivity index (χ0n) is 15.6. The van der Waals surface area contributed by atoms with E-state index in [1.165, 1.54) is 65.0 Å². The van der Waals surface area contributed by atoms with Gasteiger partial charge in [0.2, 0.25) is 0 Å². The van der Waals surface area contributed by atoms with Gasteiger partial charge in [0, 0.05) is 52.9 Å². The molecule has 0 amide bonds. The lowest BCUT2D eigenvalue weighted by atomic mass is 10.0. The second kappa shape index (κ2) is 10.1. The first-order chi connectivity index (χ1) is 11.2. The second-order valence-electron chi connectivity index (χ2n) is 7.15. The number of hydrogen-bond acceptors (Lipinski definition) is 3. The van der Waals surface area contributed by atoms with E-state index in [9.17, 15) is 0 Å². The summed E-state index contributed by atoms with van der Waals surface area (Å²) < 4.78 is 0. The van der Waals surface area contributed by atoms with Crippen molar-refractivity contribution in [1.29, 1.82) is 0 Å². The van der Waals surface area contributed by atoms with Crippen LogP contribution in [-0.4, -0.2) is 86.6 Å². The molecule has 0 aromatic heterocycles. The van der Waals surface area contributed by atoms with Gasteiger partial charge in [-0.25, -0.2) is 0 Å². The molecule has 2 saturated heterocycles. The first-order valence-corrected chi connectivity index (χ1v) is 9.63. The summed E-state index contributed by atoms with van der Waals surface area (Å²) in [5.74, 6) is 1.90. The third-order valence-electron chi connectivity index (χ3n) is 5.26. The summed E-state index contributed by atoms with van der Waals surface area (Å²) in [6.07, 6.45) is 5.17. The zero-order chi connectivity index (χ0) is 16.5. The maximum Gasteiger partial charge on any atom is 0.193 e. The molecule has 2 aliphatic rings. The SMILES string of the molecule is CCN1CCN(CCCCNC(=NC)N2CCCC(C)C2)CC1. The van der Waals surface area contributed by atoms with Gasteiger partial charge in [-0.3, -0.25) is 4.99 Å². The molecule has 0 aliphatic carbocycles. The lowest BCUT2D eigenvalue weighted by Gasteiger charge is -2.34. The molecule has 5 nitrogen and oxygen atoms in total. The molecule has 0 radical (unpaired) electrons. The summed E-state index contributed by atoms with van der Waals surface area (Å²) in [7, 11) is 1.91. The highest BCUT2D eigenvalue weighted by Crippen LogP contribution is 2.15. The largest absolute Gasteiger partial charge is 0.356 e. The predicted molar refractivity (Wildman–Crippen MR) is 99.1 cm³/mol. The molecular weight excluding hydrogens is 286 g/mol. The van der Waals surface area contributed by atoms with Crippen molar-refractivity contribution in [2.45, 2.75) is 39.5 Å². The van der Waals surface area contributed by atoms with Crippen LogP contribution in [0.3, 0.4) is 0 Å². The maximum atomic E-state index is 4.47. The van der Waals surface area contributed by atoms with Gasteiger partial charge in [0.1, 0.15) is 0 Å². The molecule has 23 heavy (non-hydrogen) atoms. The predicted octanol–water partition coefficient (Wildman–Crippen LogP) is 1.71. The van der Waals surface area contributed by atoms with Crippen LogP contribution in [0, 0.1) is 5.92 Å². The third-order valence-corrected chi connectivity index (χ3v) is 5.26. The Hall–Kier alpha value is -0.810. The highest BCUT2D eigenvalue weighted by molar-refractivity contribution is 5.79. The van der Waals surface area contributed by atoms with E-state index in [1.54, 1.807) is 0 Å². The number of nitrogens with one attached hydrogen (secondary N) is 1. The molecule has 0 saturated carbocycles. The first-order valence-electron chi connectivity index (χ1n) is 9.63. The number of guanidine groups is 1. The fourth-order valence-corrected chi connectivity index (χ4v) is 3.70. The average molecular weight is 324 g/mol. The Morgan fingerprint density at radius 1 is 1.09 bits per heavy atom. The van der Waals surface area contributed by atoms with Crippen LogP contribution in [0.5, 0.6) is 0 Å². The van der Waals surface area contributed by atoms with Crippen LogP contribution in [0.1, 0.15) is 39.5 Å². The first kappa shape index (κ1) is 18.5.